The van der Waals surface area contributed by atoms with E-state index >= 15 is 8.78 Å². The van der Waals surface area contributed by atoms with Gasteiger partial charge in [-0.25, -0.2) is 18.2 Å². The summed E-state index contributed by atoms with van der Waals surface area (Å²) in [7, 11) is 4.99. The zero-order valence-electron chi connectivity index (χ0n) is 30.0. The Balaban J connectivity index is 1.49. The van der Waals surface area contributed by atoms with Gasteiger partial charge >= 0.3 is 0 Å². The van der Waals surface area contributed by atoms with Crippen molar-refractivity contribution >= 4 is 33.2 Å². The van der Waals surface area contributed by atoms with Crippen LogP contribution < -0.4 is 10.1 Å². The molecular formula is C39H39F3N6O4S. The quantitative estimate of drug-likeness (QED) is 0.133. The first kappa shape index (κ1) is 36.3. The highest BCUT2D eigenvalue weighted by Gasteiger charge is 2.35. The van der Waals surface area contributed by atoms with Crippen LogP contribution in [-0.4, -0.2) is 83.4 Å². The van der Waals surface area contributed by atoms with Crippen LogP contribution in [0.4, 0.5) is 13.2 Å². The van der Waals surface area contributed by atoms with Crippen LogP contribution in [0, 0.1) is 17.5 Å². The number of ether oxygens (including phenoxy) is 2. The van der Waals surface area contributed by atoms with E-state index in [0.717, 1.165) is 34.6 Å². The summed E-state index contributed by atoms with van der Waals surface area (Å²) in [5.74, 6) is -2.88. The summed E-state index contributed by atoms with van der Waals surface area (Å²) in [6.07, 6.45) is 1.79. The van der Waals surface area contributed by atoms with Crippen molar-refractivity contribution in [1.29, 1.82) is 0 Å². The van der Waals surface area contributed by atoms with Crippen LogP contribution in [-0.2, 0) is 27.3 Å². The van der Waals surface area contributed by atoms with Gasteiger partial charge in [-0.2, -0.15) is 5.10 Å². The maximum Gasteiger partial charge on any atom is 0.246 e. The number of thiophene rings is 1. The second-order valence-electron chi connectivity index (χ2n) is 13.4. The number of nitrogens with zero attached hydrogens (tertiary/aromatic N) is 5. The Labute approximate surface area is 308 Å². The molecule has 7 rings (SSSR count). The normalized spacial score (nSPS) is 18.5. The minimum atomic E-state index is -0.962. The third-order valence-corrected chi connectivity index (χ3v) is 11.1. The van der Waals surface area contributed by atoms with Crippen molar-refractivity contribution < 1.29 is 32.2 Å². The summed E-state index contributed by atoms with van der Waals surface area (Å²) < 4.78 is 60.6. The van der Waals surface area contributed by atoms with Gasteiger partial charge in [0.05, 0.1) is 46.4 Å². The van der Waals surface area contributed by atoms with Gasteiger partial charge in [0.15, 0.2) is 0 Å². The fourth-order valence-electron chi connectivity index (χ4n) is 7.44. The van der Waals surface area contributed by atoms with Crippen molar-refractivity contribution in [2.24, 2.45) is 0 Å². The third-order valence-electron chi connectivity index (χ3n) is 10.1. The number of amides is 2. The Morgan fingerprint density at radius 2 is 1.85 bits per heavy atom. The van der Waals surface area contributed by atoms with Crippen LogP contribution >= 0.6 is 11.3 Å². The summed E-state index contributed by atoms with van der Waals surface area (Å²) >= 11 is 1.13. The number of likely N-dealkylation sites (N-methyl/N-ethyl adjacent to an activating group) is 2. The molecule has 3 aromatic heterocycles. The SMILES string of the molecule is C=CC(=O)N1C[C@H](C)n2nc(-c3nc(-c4ccc5c(c4)CN(C)[C@@H](C(=O)NC)C5)c4scc(F)c4c3-c3c(F)cc(F)cc3OCCOC)cc2[C@H]1C. The van der Waals surface area contributed by atoms with Crippen LogP contribution in [0.25, 0.3) is 43.9 Å². The van der Waals surface area contributed by atoms with Gasteiger partial charge in [-0.3, -0.25) is 19.2 Å². The minimum absolute atomic E-state index is 0.0200. The predicted octanol–water partition coefficient (Wildman–Crippen LogP) is 6.69. The van der Waals surface area contributed by atoms with Gasteiger partial charge in [-0.1, -0.05) is 18.7 Å². The predicted molar refractivity (Wildman–Crippen MR) is 197 cm³/mol. The summed E-state index contributed by atoms with van der Waals surface area (Å²) in [4.78, 5) is 34.2. The number of methoxy groups -OCH3 is 1. The number of nitrogens with one attached hydrogen (secondary N) is 1. The molecule has 5 heterocycles. The molecule has 0 saturated heterocycles. The molecule has 53 heavy (non-hydrogen) atoms. The van der Waals surface area contributed by atoms with E-state index in [1.807, 2.05) is 44.0 Å². The Morgan fingerprint density at radius 1 is 1.06 bits per heavy atom. The Bertz CT molecular complexity index is 2270. The second-order valence-corrected chi connectivity index (χ2v) is 14.3. The molecule has 0 radical (unpaired) electrons. The molecule has 5 aromatic rings. The topological polar surface area (TPSA) is 102 Å². The van der Waals surface area contributed by atoms with E-state index in [1.54, 1.807) is 22.7 Å². The number of aromatic nitrogens is 3. The largest absolute Gasteiger partial charge is 0.490 e. The Morgan fingerprint density at radius 3 is 2.58 bits per heavy atom. The van der Waals surface area contributed by atoms with Crippen molar-refractivity contribution in [3.8, 4) is 39.5 Å². The molecule has 0 saturated carbocycles. The van der Waals surface area contributed by atoms with Crippen molar-refractivity contribution in [3.63, 3.8) is 0 Å². The van der Waals surface area contributed by atoms with Gasteiger partial charge in [0.1, 0.15) is 41.2 Å². The zero-order valence-corrected chi connectivity index (χ0v) is 30.8. The smallest absolute Gasteiger partial charge is 0.246 e. The first-order valence-electron chi connectivity index (χ1n) is 17.2. The van der Waals surface area contributed by atoms with Crippen LogP contribution in [0.15, 0.2) is 54.4 Å². The monoisotopic (exact) mass is 744 g/mol. The number of halogens is 3. The molecule has 3 atom stereocenters. The summed E-state index contributed by atoms with van der Waals surface area (Å²) in [5.41, 5.74) is 4.22. The molecule has 1 N–H and O–H groups in total. The molecule has 10 nitrogen and oxygen atoms in total. The van der Waals surface area contributed by atoms with Gasteiger partial charge in [-0.05, 0) is 56.7 Å². The zero-order chi connectivity index (χ0) is 37.7. The van der Waals surface area contributed by atoms with Crippen molar-refractivity contribution in [2.45, 2.75) is 44.9 Å². The molecule has 14 heteroatoms. The molecule has 276 valence electrons. The number of pyridine rings is 1. The van der Waals surface area contributed by atoms with Gasteiger partial charge in [0.25, 0.3) is 0 Å². The van der Waals surface area contributed by atoms with E-state index < -0.39 is 23.5 Å². The highest BCUT2D eigenvalue weighted by Crippen LogP contribution is 2.48. The molecule has 0 fully saturated rings. The Kier molecular flexibility index (Phi) is 9.87. The fraction of sp³-hybridized carbons (Fsp3) is 0.333. The molecular weight excluding hydrogens is 706 g/mol. The van der Waals surface area contributed by atoms with E-state index in [1.165, 1.54) is 18.6 Å². The second kappa shape index (κ2) is 14.4. The average Bonchev–Trinajstić information content (AvgIpc) is 3.77. The minimum Gasteiger partial charge on any atom is -0.490 e. The number of hydrogen-bond donors (Lipinski definition) is 1. The summed E-state index contributed by atoms with van der Waals surface area (Å²) in [6, 6.07) is 8.48. The lowest BCUT2D eigenvalue weighted by Crippen LogP contribution is -2.47. The molecule has 0 bridgehead atoms. The van der Waals surface area contributed by atoms with Gasteiger partial charge < -0.3 is 19.7 Å². The average molecular weight is 745 g/mol. The maximum atomic E-state index is 16.3. The summed E-state index contributed by atoms with van der Waals surface area (Å²) in [5, 5.41) is 9.12. The van der Waals surface area contributed by atoms with Crippen LogP contribution in [0.5, 0.6) is 5.75 Å². The van der Waals surface area contributed by atoms with Gasteiger partial charge in [0, 0.05) is 61.3 Å². The lowest BCUT2D eigenvalue weighted by atomic mass is 9.90. The van der Waals surface area contributed by atoms with Crippen molar-refractivity contribution in [1.82, 2.24) is 29.9 Å². The highest BCUT2D eigenvalue weighted by atomic mass is 32.1. The standard InChI is InChI=1S/C39H39F3N6O4S/c1-7-32(49)47-17-20(2)48-29(21(47)3)16-28(45-48)37-35(33-26(41)14-25(40)15-31(33)52-11-10-51-6)34-27(42)19-53-38(34)36(44-37)23-9-8-22-13-30(39(50)43-4)46(5)18-24(22)12-23/h7-9,12,14-16,19-21,30H,1,10-11,13,17-18H2,2-6H3,(H,43,50)/t20-,21+,30+/m0/s1. The molecule has 0 spiro atoms. The highest BCUT2D eigenvalue weighted by molar-refractivity contribution is 7.17. The van der Waals surface area contributed by atoms with Crippen molar-refractivity contribution in [3.05, 3.63) is 88.7 Å². The fourth-order valence-corrected chi connectivity index (χ4v) is 8.37. The molecule has 0 unspecified atom stereocenters. The first-order valence-corrected chi connectivity index (χ1v) is 18.1. The lowest BCUT2D eigenvalue weighted by molar-refractivity contribution is -0.129. The number of benzene rings is 2. The van der Waals surface area contributed by atoms with E-state index in [0.29, 0.717) is 46.9 Å². The summed E-state index contributed by atoms with van der Waals surface area (Å²) in [6.45, 7) is 8.46. The van der Waals surface area contributed by atoms with Gasteiger partial charge in [-0.15, -0.1) is 11.3 Å². The Hall–Kier alpha value is -5.05. The molecule has 2 aliphatic heterocycles. The third kappa shape index (κ3) is 6.38. The lowest BCUT2D eigenvalue weighted by Gasteiger charge is -2.36. The van der Waals surface area contributed by atoms with Crippen LogP contribution in [0.1, 0.15) is 42.8 Å². The molecule has 0 aliphatic carbocycles. The number of carbonyl (C=O) groups excluding carboxylic acids is 2. The number of rotatable bonds is 9. The van der Waals surface area contributed by atoms with Gasteiger partial charge in [0.2, 0.25) is 11.8 Å². The number of fused-ring (bicyclic) bond motifs is 3. The number of carbonyl (C=O) groups is 2. The molecule has 2 aliphatic rings. The molecule has 2 amide bonds. The van der Waals surface area contributed by atoms with Crippen molar-refractivity contribution in [2.75, 3.05) is 41.0 Å². The van der Waals surface area contributed by atoms with E-state index in [4.69, 9.17) is 19.6 Å². The van der Waals surface area contributed by atoms with E-state index in [-0.39, 0.29) is 65.1 Å². The molecule has 2 aromatic carbocycles. The van der Waals surface area contributed by atoms with E-state index in [9.17, 15) is 14.0 Å². The first-order chi connectivity index (χ1) is 25.4. The number of hydrogen-bond acceptors (Lipinski definition) is 8. The van der Waals surface area contributed by atoms with Crippen LogP contribution in [0.2, 0.25) is 0 Å². The maximum absolute atomic E-state index is 16.3. The van der Waals surface area contributed by atoms with Crippen LogP contribution in [0.3, 0.4) is 0 Å². The van der Waals surface area contributed by atoms with E-state index in [2.05, 4.69) is 11.9 Å².